The second kappa shape index (κ2) is 7.15. The summed E-state index contributed by atoms with van der Waals surface area (Å²) in [7, 11) is 0. The average molecular weight is 339 g/mol. The fourth-order valence-corrected chi connectivity index (χ4v) is 2.68. The summed E-state index contributed by atoms with van der Waals surface area (Å²) >= 11 is 0. The SMILES string of the molecule is CC1CN(c2ccc(Nc3ncc([N+](=O)[O-])cc3C#N)cc2)CCO1. The minimum Gasteiger partial charge on any atom is -0.375 e. The van der Waals surface area contributed by atoms with Crippen LogP contribution in [-0.4, -0.2) is 35.7 Å². The summed E-state index contributed by atoms with van der Waals surface area (Å²) in [6, 6.07) is 10.9. The summed E-state index contributed by atoms with van der Waals surface area (Å²) in [4.78, 5) is 16.4. The summed E-state index contributed by atoms with van der Waals surface area (Å²) in [5, 5.41) is 23.0. The molecule has 0 amide bonds. The van der Waals surface area contributed by atoms with Gasteiger partial charge in [-0.1, -0.05) is 0 Å². The molecule has 0 radical (unpaired) electrons. The van der Waals surface area contributed by atoms with E-state index >= 15 is 0 Å². The van der Waals surface area contributed by atoms with Crippen LogP contribution >= 0.6 is 0 Å². The first-order chi connectivity index (χ1) is 12.1. The average Bonchev–Trinajstić information content (AvgIpc) is 2.62. The molecule has 1 aliphatic heterocycles. The van der Waals surface area contributed by atoms with Crippen LogP contribution < -0.4 is 10.2 Å². The highest BCUT2D eigenvalue weighted by Gasteiger charge is 2.17. The van der Waals surface area contributed by atoms with Crippen LogP contribution in [0, 0.1) is 21.4 Å². The van der Waals surface area contributed by atoms with Crippen LogP contribution in [0.25, 0.3) is 0 Å². The number of morpholine rings is 1. The first-order valence-electron chi connectivity index (χ1n) is 7.85. The molecule has 3 rings (SSSR count). The van der Waals surface area contributed by atoms with E-state index in [0.717, 1.165) is 30.7 Å². The van der Waals surface area contributed by atoms with Crippen molar-refractivity contribution >= 4 is 22.9 Å². The molecule has 0 bridgehead atoms. The minimum absolute atomic E-state index is 0.125. The third-order valence-corrected chi connectivity index (χ3v) is 3.94. The van der Waals surface area contributed by atoms with E-state index in [0.29, 0.717) is 12.4 Å². The molecule has 0 aliphatic carbocycles. The number of ether oxygens (including phenoxy) is 1. The molecule has 1 aromatic carbocycles. The van der Waals surface area contributed by atoms with Gasteiger partial charge in [0.2, 0.25) is 0 Å². The van der Waals surface area contributed by atoms with Gasteiger partial charge >= 0.3 is 0 Å². The molecular formula is C17H17N5O3. The van der Waals surface area contributed by atoms with Crippen LogP contribution in [0.3, 0.4) is 0 Å². The maximum Gasteiger partial charge on any atom is 0.289 e. The lowest BCUT2D eigenvalue weighted by Crippen LogP contribution is -2.41. The molecule has 1 fully saturated rings. The highest BCUT2D eigenvalue weighted by atomic mass is 16.6. The van der Waals surface area contributed by atoms with Crippen LogP contribution in [0.4, 0.5) is 22.9 Å². The number of hydrogen-bond donors (Lipinski definition) is 1. The van der Waals surface area contributed by atoms with Crippen molar-refractivity contribution in [2.24, 2.45) is 0 Å². The Morgan fingerprint density at radius 2 is 2.20 bits per heavy atom. The van der Waals surface area contributed by atoms with Gasteiger partial charge in [0.15, 0.2) is 0 Å². The number of nitrogens with zero attached hydrogens (tertiary/aromatic N) is 4. The zero-order chi connectivity index (χ0) is 17.8. The maximum absolute atomic E-state index is 10.8. The highest BCUT2D eigenvalue weighted by Crippen LogP contribution is 2.25. The Balaban J connectivity index is 1.75. The van der Waals surface area contributed by atoms with E-state index in [1.165, 1.54) is 6.07 Å². The number of nitriles is 1. The Hall–Kier alpha value is -3.18. The Morgan fingerprint density at radius 1 is 1.44 bits per heavy atom. The van der Waals surface area contributed by atoms with Crippen molar-refractivity contribution in [2.75, 3.05) is 29.9 Å². The maximum atomic E-state index is 10.8. The second-order valence-corrected chi connectivity index (χ2v) is 5.76. The third-order valence-electron chi connectivity index (χ3n) is 3.94. The Labute approximate surface area is 144 Å². The summed E-state index contributed by atoms with van der Waals surface area (Å²) in [6.45, 7) is 4.44. The fourth-order valence-electron chi connectivity index (χ4n) is 2.68. The van der Waals surface area contributed by atoms with E-state index in [9.17, 15) is 15.4 Å². The van der Waals surface area contributed by atoms with Crippen LogP contribution in [0.15, 0.2) is 36.5 Å². The van der Waals surface area contributed by atoms with Gasteiger partial charge in [0.1, 0.15) is 23.6 Å². The molecule has 1 aromatic heterocycles. The van der Waals surface area contributed by atoms with E-state index in [-0.39, 0.29) is 17.4 Å². The van der Waals surface area contributed by atoms with Gasteiger partial charge in [-0.15, -0.1) is 0 Å². The zero-order valence-corrected chi connectivity index (χ0v) is 13.7. The van der Waals surface area contributed by atoms with Crippen LogP contribution in [0.1, 0.15) is 12.5 Å². The summed E-state index contributed by atoms with van der Waals surface area (Å²) in [5.41, 5.74) is 1.76. The first kappa shape index (κ1) is 16.7. The zero-order valence-electron chi connectivity index (χ0n) is 13.7. The second-order valence-electron chi connectivity index (χ2n) is 5.76. The number of nitro groups is 1. The smallest absolute Gasteiger partial charge is 0.289 e. The lowest BCUT2D eigenvalue weighted by Gasteiger charge is -2.33. The molecule has 128 valence electrons. The normalized spacial score (nSPS) is 17.0. The number of pyridine rings is 1. The number of nitrogens with one attached hydrogen (secondary N) is 1. The number of hydrogen-bond acceptors (Lipinski definition) is 7. The molecule has 0 spiro atoms. The molecule has 8 heteroatoms. The third kappa shape index (κ3) is 3.84. The van der Waals surface area contributed by atoms with Gasteiger partial charge in [0.05, 0.1) is 17.6 Å². The number of aromatic nitrogens is 1. The number of rotatable bonds is 4. The molecule has 25 heavy (non-hydrogen) atoms. The summed E-state index contributed by atoms with van der Waals surface area (Å²) in [5.74, 6) is 0.292. The number of benzene rings is 1. The molecule has 1 aliphatic rings. The van der Waals surface area contributed by atoms with Gasteiger partial charge in [0.25, 0.3) is 5.69 Å². The quantitative estimate of drug-likeness (QED) is 0.674. The van der Waals surface area contributed by atoms with Gasteiger partial charge < -0.3 is 15.0 Å². The Morgan fingerprint density at radius 3 is 2.84 bits per heavy atom. The van der Waals surface area contributed by atoms with Gasteiger partial charge in [0, 0.05) is 30.5 Å². The predicted octanol–water partition coefficient (Wildman–Crippen LogP) is 2.83. The molecule has 1 saturated heterocycles. The van der Waals surface area contributed by atoms with Crippen LogP contribution in [0.2, 0.25) is 0 Å². The van der Waals surface area contributed by atoms with Crippen molar-refractivity contribution in [3.05, 3.63) is 52.2 Å². The molecule has 2 aromatic rings. The first-order valence-corrected chi connectivity index (χ1v) is 7.85. The van der Waals surface area contributed by atoms with E-state index in [2.05, 4.69) is 15.2 Å². The van der Waals surface area contributed by atoms with Crippen molar-refractivity contribution in [3.63, 3.8) is 0 Å². The van der Waals surface area contributed by atoms with Crippen LogP contribution in [-0.2, 0) is 4.74 Å². The topological polar surface area (TPSA) is 104 Å². The molecule has 1 atom stereocenters. The fraction of sp³-hybridized carbons (Fsp3) is 0.294. The van der Waals surface area contributed by atoms with E-state index in [4.69, 9.17) is 4.74 Å². The van der Waals surface area contributed by atoms with Crippen molar-refractivity contribution in [2.45, 2.75) is 13.0 Å². The van der Waals surface area contributed by atoms with Gasteiger partial charge in [-0.2, -0.15) is 5.26 Å². The van der Waals surface area contributed by atoms with Crippen molar-refractivity contribution < 1.29 is 9.66 Å². The standard InChI is InChI=1S/C17H17N5O3/c1-12-11-21(6-7-25-12)15-4-2-14(3-5-15)20-17-13(9-18)8-16(10-19-17)22(23)24/h2-5,8,10,12H,6-7,11H2,1H3,(H,19,20). The van der Waals surface area contributed by atoms with Crippen molar-refractivity contribution in [1.29, 1.82) is 5.26 Å². The molecule has 2 heterocycles. The highest BCUT2D eigenvalue weighted by molar-refractivity contribution is 5.66. The Bertz CT molecular complexity index is 816. The molecular weight excluding hydrogens is 322 g/mol. The lowest BCUT2D eigenvalue weighted by molar-refractivity contribution is -0.385. The lowest BCUT2D eigenvalue weighted by atomic mass is 10.2. The van der Waals surface area contributed by atoms with E-state index in [1.54, 1.807) is 0 Å². The van der Waals surface area contributed by atoms with E-state index < -0.39 is 4.92 Å². The predicted molar refractivity (Wildman–Crippen MR) is 93.0 cm³/mol. The number of anilines is 3. The molecule has 1 N–H and O–H groups in total. The summed E-state index contributed by atoms with van der Waals surface area (Å²) in [6.07, 6.45) is 1.33. The molecule has 1 unspecified atom stereocenters. The van der Waals surface area contributed by atoms with Gasteiger partial charge in [-0.3, -0.25) is 10.1 Å². The minimum atomic E-state index is -0.574. The van der Waals surface area contributed by atoms with Gasteiger partial charge in [-0.05, 0) is 31.2 Å². The summed E-state index contributed by atoms with van der Waals surface area (Å²) < 4.78 is 5.54. The monoisotopic (exact) mass is 339 g/mol. The molecule has 8 nitrogen and oxygen atoms in total. The van der Waals surface area contributed by atoms with Crippen molar-refractivity contribution in [1.82, 2.24) is 4.98 Å². The largest absolute Gasteiger partial charge is 0.375 e. The van der Waals surface area contributed by atoms with Crippen molar-refractivity contribution in [3.8, 4) is 6.07 Å². The van der Waals surface area contributed by atoms with Gasteiger partial charge in [-0.25, -0.2) is 4.98 Å². The van der Waals surface area contributed by atoms with E-state index in [1.807, 2.05) is 37.3 Å². The van der Waals surface area contributed by atoms with Crippen LogP contribution in [0.5, 0.6) is 0 Å². The Kier molecular flexibility index (Phi) is 4.77. The molecule has 0 saturated carbocycles.